The van der Waals surface area contributed by atoms with Crippen molar-refractivity contribution >= 4 is 35.0 Å². The van der Waals surface area contributed by atoms with E-state index in [1.807, 2.05) is 48.5 Å². The quantitative estimate of drug-likeness (QED) is 0.136. The molecule has 224 valence electrons. The summed E-state index contributed by atoms with van der Waals surface area (Å²) in [7, 11) is 0. The molecule has 9 nitrogen and oxygen atoms in total. The molecule has 1 fully saturated rings. The summed E-state index contributed by atoms with van der Waals surface area (Å²) in [4.78, 5) is 24.5. The molecule has 0 aliphatic carbocycles. The van der Waals surface area contributed by atoms with Gasteiger partial charge in [0.05, 0.1) is 36.8 Å². The van der Waals surface area contributed by atoms with Gasteiger partial charge in [-0.1, -0.05) is 60.7 Å². The zero-order valence-corrected chi connectivity index (χ0v) is 24.4. The Morgan fingerprint density at radius 2 is 1.57 bits per heavy atom. The standard InChI is InChI=1S/C32H39N3O6S/c33-27-4-1-2-5-28(27)35-31(39)7-3-6-30(38)34-19-22-8-14-25(15-9-22)32-40-26(21-42-17-16-36)18-29(41-32)24-12-10-23(20-37)11-13-24/h1-2,4-5,8-15,26,29,32,36-37H,3,6-7,16-21,33H2,(H,34,38)(H,35,39). The Labute approximate surface area is 250 Å². The Morgan fingerprint density at radius 1 is 0.881 bits per heavy atom. The van der Waals surface area contributed by atoms with E-state index in [1.54, 1.807) is 36.0 Å². The highest BCUT2D eigenvalue weighted by molar-refractivity contribution is 7.99. The molecule has 3 atom stereocenters. The molecular formula is C32H39N3O6S. The number of rotatable bonds is 14. The molecule has 1 aliphatic heterocycles. The number of benzene rings is 3. The Morgan fingerprint density at radius 3 is 2.29 bits per heavy atom. The number of anilines is 2. The summed E-state index contributed by atoms with van der Waals surface area (Å²) in [6.07, 6.45) is 0.832. The number of carbonyl (C=O) groups is 2. The van der Waals surface area contributed by atoms with Crippen LogP contribution in [0.5, 0.6) is 0 Å². The van der Waals surface area contributed by atoms with Crippen molar-refractivity contribution in [1.29, 1.82) is 0 Å². The second-order valence-electron chi connectivity index (χ2n) is 10.2. The molecule has 1 saturated heterocycles. The number of ether oxygens (including phenoxy) is 2. The molecular weight excluding hydrogens is 554 g/mol. The lowest BCUT2D eigenvalue weighted by Crippen LogP contribution is -2.31. The third-order valence-electron chi connectivity index (χ3n) is 6.94. The lowest BCUT2D eigenvalue weighted by Gasteiger charge is -2.36. The molecule has 3 aromatic rings. The van der Waals surface area contributed by atoms with Gasteiger partial charge in [-0.05, 0) is 35.2 Å². The van der Waals surface area contributed by atoms with E-state index in [-0.39, 0.29) is 50.1 Å². The van der Waals surface area contributed by atoms with Crippen LogP contribution >= 0.6 is 11.8 Å². The maximum Gasteiger partial charge on any atom is 0.224 e. The van der Waals surface area contributed by atoms with Gasteiger partial charge >= 0.3 is 0 Å². The molecule has 42 heavy (non-hydrogen) atoms. The van der Waals surface area contributed by atoms with Crippen molar-refractivity contribution in [3.8, 4) is 0 Å². The number of para-hydroxylation sites is 2. The number of aliphatic hydroxyl groups is 2. The minimum atomic E-state index is -0.554. The Kier molecular flexibility index (Phi) is 12.2. The molecule has 1 heterocycles. The predicted molar refractivity (Wildman–Crippen MR) is 164 cm³/mol. The summed E-state index contributed by atoms with van der Waals surface area (Å²) in [5, 5.41) is 24.2. The summed E-state index contributed by atoms with van der Waals surface area (Å²) in [5.74, 6) is 1.10. The minimum Gasteiger partial charge on any atom is -0.397 e. The molecule has 2 amide bonds. The SMILES string of the molecule is Nc1ccccc1NC(=O)CCCC(=O)NCc1ccc(C2OC(CSCCO)CC(c3ccc(CO)cc3)O2)cc1. The lowest BCUT2D eigenvalue weighted by atomic mass is 10.0. The maximum atomic E-state index is 12.3. The van der Waals surface area contributed by atoms with Crippen LogP contribution in [0.15, 0.2) is 72.8 Å². The highest BCUT2D eigenvalue weighted by atomic mass is 32.2. The molecule has 6 N–H and O–H groups in total. The van der Waals surface area contributed by atoms with Gasteiger partial charge in [0.25, 0.3) is 0 Å². The number of nitrogens with one attached hydrogen (secondary N) is 2. The first-order valence-electron chi connectivity index (χ1n) is 14.1. The first kappa shape index (κ1) is 31.5. The van der Waals surface area contributed by atoms with Crippen LogP contribution < -0.4 is 16.4 Å². The number of hydrogen-bond acceptors (Lipinski definition) is 8. The van der Waals surface area contributed by atoms with Gasteiger partial charge in [0.2, 0.25) is 11.8 Å². The fourth-order valence-electron chi connectivity index (χ4n) is 4.62. The van der Waals surface area contributed by atoms with Gasteiger partial charge < -0.3 is 36.1 Å². The maximum absolute atomic E-state index is 12.3. The van der Waals surface area contributed by atoms with Crippen LogP contribution in [0, 0.1) is 0 Å². The number of amides is 2. The highest BCUT2D eigenvalue weighted by Gasteiger charge is 2.32. The normalized spacial score (nSPS) is 18.4. The van der Waals surface area contributed by atoms with Crippen molar-refractivity contribution in [2.24, 2.45) is 0 Å². The van der Waals surface area contributed by atoms with E-state index in [0.717, 1.165) is 28.0 Å². The van der Waals surface area contributed by atoms with Gasteiger partial charge in [0.15, 0.2) is 6.29 Å². The number of hydrogen-bond donors (Lipinski definition) is 5. The number of thioether (sulfide) groups is 1. The van der Waals surface area contributed by atoms with E-state index in [9.17, 15) is 19.8 Å². The average Bonchev–Trinajstić information content (AvgIpc) is 3.01. The fraction of sp³-hybridized carbons (Fsp3) is 0.375. The second-order valence-corrected chi connectivity index (χ2v) is 11.3. The van der Waals surface area contributed by atoms with Crippen molar-refractivity contribution in [2.75, 3.05) is 29.2 Å². The Bertz CT molecular complexity index is 1290. The molecule has 0 saturated carbocycles. The van der Waals surface area contributed by atoms with Crippen molar-refractivity contribution in [2.45, 2.75) is 57.3 Å². The number of nitrogens with two attached hydrogens (primary N) is 1. The van der Waals surface area contributed by atoms with Crippen LogP contribution in [0.25, 0.3) is 0 Å². The smallest absolute Gasteiger partial charge is 0.224 e. The molecule has 0 spiro atoms. The van der Waals surface area contributed by atoms with Crippen LogP contribution in [-0.2, 0) is 32.2 Å². The van der Waals surface area contributed by atoms with Crippen molar-refractivity contribution in [1.82, 2.24) is 5.32 Å². The van der Waals surface area contributed by atoms with Gasteiger partial charge in [-0.15, -0.1) is 0 Å². The van der Waals surface area contributed by atoms with Gasteiger partial charge in [0.1, 0.15) is 0 Å². The number of nitrogen functional groups attached to an aromatic ring is 1. The number of aliphatic hydroxyl groups excluding tert-OH is 2. The van der Waals surface area contributed by atoms with E-state index in [4.69, 9.17) is 15.2 Å². The summed E-state index contributed by atoms with van der Waals surface area (Å²) >= 11 is 1.65. The van der Waals surface area contributed by atoms with Crippen molar-refractivity contribution in [3.63, 3.8) is 0 Å². The summed E-state index contributed by atoms with van der Waals surface area (Å²) in [6.45, 7) is 0.492. The zero-order valence-electron chi connectivity index (χ0n) is 23.5. The first-order valence-corrected chi connectivity index (χ1v) is 15.3. The predicted octanol–water partition coefficient (Wildman–Crippen LogP) is 4.46. The van der Waals surface area contributed by atoms with E-state index in [1.165, 1.54) is 0 Å². The molecule has 4 rings (SSSR count). The van der Waals surface area contributed by atoms with E-state index >= 15 is 0 Å². The van der Waals surface area contributed by atoms with E-state index in [0.29, 0.717) is 36.5 Å². The lowest BCUT2D eigenvalue weighted by molar-refractivity contribution is -0.245. The van der Waals surface area contributed by atoms with Gasteiger partial charge in [-0.2, -0.15) is 11.8 Å². The van der Waals surface area contributed by atoms with Crippen LogP contribution in [0.4, 0.5) is 11.4 Å². The summed E-state index contributed by atoms with van der Waals surface area (Å²) in [5.41, 5.74) is 10.6. The van der Waals surface area contributed by atoms with Gasteiger partial charge in [0, 0.05) is 42.9 Å². The van der Waals surface area contributed by atoms with E-state index < -0.39 is 6.29 Å². The second kappa shape index (κ2) is 16.3. The molecule has 3 aromatic carbocycles. The van der Waals surface area contributed by atoms with Crippen LogP contribution in [0.1, 0.15) is 60.3 Å². The summed E-state index contributed by atoms with van der Waals surface area (Å²) < 4.78 is 12.6. The first-order chi connectivity index (χ1) is 20.4. The van der Waals surface area contributed by atoms with Crippen LogP contribution in [0.3, 0.4) is 0 Å². The Hall–Kier alpha value is -3.41. The molecule has 3 unspecified atom stereocenters. The van der Waals surface area contributed by atoms with Crippen molar-refractivity contribution < 1.29 is 29.3 Å². The van der Waals surface area contributed by atoms with E-state index in [2.05, 4.69) is 10.6 Å². The molecule has 10 heteroatoms. The summed E-state index contributed by atoms with van der Waals surface area (Å²) in [6, 6.07) is 22.6. The highest BCUT2D eigenvalue weighted by Crippen LogP contribution is 2.38. The van der Waals surface area contributed by atoms with Gasteiger partial charge in [-0.3, -0.25) is 9.59 Å². The fourth-order valence-corrected chi connectivity index (χ4v) is 5.39. The molecule has 1 aliphatic rings. The Balaban J connectivity index is 1.26. The van der Waals surface area contributed by atoms with Crippen LogP contribution in [-0.4, -0.2) is 46.2 Å². The molecule has 0 bridgehead atoms. The minimum absolute atomic E-state index is 0.00733. The molecule has 0 radical (unpaired) electrons. The zero-order chi connectivity index (χ0) is 29.7. The largest absolute Gasteiger partial charge is 0.397 e. The van der Waals surface area contributed by atoms with Gasteiger partial charge in [-0.25, -0.2) is 0 Å². The number of carbonyl (C=O) groups excluding carboxylic acids is 2. The molecule has 0 aromatic heterocycles. The average molecular weight is 594 g/mol. The van der Waals surface area contributed by atoms with Crippen LogP contribution in [0.2, 0.25) is 0 Å². The monoisotopic (exact) mass is 593 g/mol. The van der Waals surface area contributed by atoms with Crippen molar-refractivity contribution in [3.05, 3.63) is 95.1 Å². The third kappa shape index (κ3) is 9.57. The topological polar surface area (TPSA) is 143 Å². The third-order valence-corrected chi connectivity index (χ3v) is 8.02.